The van der Waals surface area contributed by atoms with Crippen molar-refractivity contribution in [1.29, 1.82) is 0 Å². The molecule has 0 fully saturated rings. The highest BCUT2D eigenvalue weighted by Crippen LogP contribution is 2.35. The number of carbonyl (C=O) groups excluding carboxylic acids is 2. The second-order valence-corrected chi connectivity index (χ2v) is 5.85. The van der Waals surface area contributed by atoms with Crippen molar-refractivity contribution in [3.05, 3.63) is 29.3 Å². The third kappa shape index (κ3) is 5.52. The van der Waals surface area contributed by atoms with E-state index < -0.39 is 5.97 Å². The summed E-state index contributed by atoms with van der Waals surface area (Å²) in [7, 11) is 0. The van der Waals surface area contributed by atoms with Crippen LogP contribution in [-0.4, -0.2) is 37.7 Å². The molecular formula is C19H25NO5. The summed E-state index contributed by atoms with van der Waals surface area (Å²) in [4.78, 5) is 23.2. The first-order valence-corrected chi connectivity index (χ1v) is 8.61. The van der Waals surface area contributed by atoms with Crippen molar-refractivity contribution < 1.29 is 23.8 Å². The molecule has 0 unspecified atom stereocenters. The number of fused-ring (bicyclic) bond motifs is 1. The van der Waals surface area contributed by atoms with Gasteiger partial charge in [-0.3, -0.25) is 4.79 Å². The maximum atomic E-state index is 11.8. The van der Waals surface area contributed by atoms with Crippen LogP contribution in [0.4, 0.5) is 0 Å². The van der Waals surface area contributed by atoms with Crippen LogP contribution in [0.15, 0.2) is 18.2 Å². The number of ether oxygens (including phenoxy) is 3. The van der Waals surface area contributed by atoms with E-state index in [-0.39, 0.29) is 18.6 Å². The fraction of sp³-hybridized carbons (Fsp3) is 0.474. The first-order chi connectivity index (χ1) is 12.0. The number of nitrogens with one attached hydrogen (secondary N) is 1. The third-order valence-electron chi connectivity index (χ3n) is 3.64. The van der Waals surface area contributed by atoms with Gasteiger partial charge in [-0.1, -0.05) is 6.92 Å². The van der Waals surface area contributed by atoms with E-state index in [1.807, 2.05) is 32.9 Å². The summed E-state index contributed by atoms with van der Waals surface area (Å²) in [5, 5.41) is 2.64. The van der Waals surface area contributed by atoms with Crippen molar-refractivity contribution in [3.63, 3.8) is 0 Å². The lowest BCUT2D eigenvalue weighted by molar-refractivity contribution is -0.143. The Bertz CT molecular complexity index is 653. The zero-order valence-corrected chi connectivity index (χ0v) is 15.0. The van der Waals surface area contributed by atoms with Gasteiger partial charge >= 0.3 is 5.97 Å². The Morgan fingerprint density at radius 1 is 1.36 bits per heavy atom. The SMILES string of the molecule is CCCNC(=O)COC(=O)/C=C/c1cc2c(cc1OCC)C[C@H](C)O2. The molecule has 1 aromatic rings. The van der Waals surface area contributed by atoms with Crippen molar-refractivity contribution >= 4 is 18.0 Å². The predicted molar refractivity (Wildman–Crippen MR) is 94.7 cm³/mol. The molecule has 0 aliphatic carbocycles. The molecule has 0 spiro atoms. The maximum absolute atomic E-state index is 11.8. The Balaban J connectivity index is 2.00. The van der Waals surface area contributed by atoms with Crippen molar-refractivity contribution in [2.75, 3.05) is 19.8 Å². The molecule has 1 aliphatic rings. The van der Waals surface area contributed by atoms with Gasteiger partial charge in [0.1, 0.15) is 17.6 Å². The molecule has 0 aromatic heterocycles. The standard InChI is InChI=1S/C19H25NO5/c1-4-8-20-18(21)12-24-19(22)7-6-14-10-17-15(9-13(3)25-17)11-16(14)23-5-2/h6-7,10-11,13H,4-5,8-9,12H2,1-3H3,(H,20,21)/b7-6+/t13-/m0/s1. The van der Waals surface area contributed by atoms with E-state index >= 15 is 0 Å². The summed E-state index contributed by atoms with van der Waals surface area (Å²) in [5.41, 5.74) is 1.84. The van der Waals surface area contributed by atoms with Crippen LogP contribution >= 0.6 is 0 Å². The van der Waals surface area contributed by atoms with Crippen molar-refractivity contribution in [3.8, 4) is 11.5 Å². The molecule has 0 saturated heterocycles. The highest BCUT2D eigenvalue weighted by Gasteiger charge is 2.21. The Kier molecular flexibility index (Phi) is 6.86. The zero-order chi connectivity index (χ0) is 18.2. The van der Waals surface area contributed by atoms with Crippen LogP contribution in [0.1, 0.15) is 38.3 Å². The van der Waals surface area contributed by atoms with Crippen molar-refractivity contribution in [1.82, 2.24) is 5.32 Å². The summed E-state index contributed by atoms with van der Waals surface area (Å²) in [6.45, 7) is 6.67. The normalized spacial score (nSPS) is 15.6. The molecule has 1 atom stereocenters. The minimum Gasteiger partial charge on any atom is -0.493 e. The molecule has 0 radical (unpaired) electrons. The average molecular weight is 347 g/mol. The molecule has 0 saturated carbocycles. The lowest BCUT2D eigenvalue weighted by Crippen LogP contribution is -2.28. The van der Waals surface area contributed by atoms with E-state index in [0.717, 1.165) is 29.7 Å². The number of rotatable bonds is 8. The molecule has 1 aliphatic heterocycles. The number of carbonyl (C=O) groups is 2. The van der Waals surface area contributed by atoms with E-state index in [0.29, 0.717) is 18.9 Å². The fourth-order valence-electron chi connectivity index (χ4n) is 2.52. The van der Waals surface area contributed by atoms with E-state index in [2.05, 4.69) is 5.32 Å². The zero-order valence-electron chi connectivity index (χ0n) is 15.0. The fourth-order valence-corrected chi connectivity index (χ4v) is 2.52. The highest BCUT2D eigenvalue weighted by atomic mass is 16.5. The molecule has 1 heterocycles. The third-order valence-corrected chi connectivity index (χ3v) is 3.64. The monoisotopic (exact) mass is 347 g/mol. The molecule has 25 heavy (non-hydrogen) atoms. The van der Waals surface area contributed by atoms with Gasteiger partial charge in [0.25, 0.3) is 5.91 Å². The van der Waals surface area contributed by atoms with Crippen LogP contribution < -0.4 is 14.8 Å². The van der Waals surface area contributed by atoms with Gasteiger partial charge in [0.15, 0.2) is 6.61 Å². The van der Waals surface area contributed by atoms with Gasteiger partial charge in [-0.2, -0.15) is 0 Å². The Hall–Kier alpha value is -2.50. The number of esters is 1. The van der Waals surface area contributed by atoms with Crippen LogP contribution in [0.25, 0.3) is 6.08 Å². The minimum absolute atomic E-state index is 0.135. The molecule has 2 rings (SSSR count). The smallest absolute Gasteiger partial charge is 0.331 e. The molecule has 1 aromatic carbocycles. The average Bonchev–Trinajstić information content (AvgIpc) is 2.95. The Labute approximate surface area is 148 Å². The van der Waals surface area contributed by atoms with Gasteiger partial charge in [0, 0.05) is 30.2 Å². The van der Waals surface area contributed by atoms with E-state index in [9.17, 15) is 9.59 Å². The Morgan fingerprint density at radius 2 is 2.16 bits per heavy atom. The number of hydrogen-bond acceptors (Lipinski definition) is 5. The van der Waals surface area contributed by atoms with Crippen molar-refractivity contribution in [2.45, 2.75) is 39.7 Å². The van der Waals surface area contributed by atoms with Crippen LogP contribution in [-0.2, 0) is 20.7 Å². The number of benzene rings is 1. The van der Waals surface area contributed by atoms with Gasteiger partial charge in [-0.05, 0) is 38.5 Å². The largest absolute Gasteiger partial charge is 0.493 e. The van der Waals surface area contributed by atoms with Gasteiger partial charge in [-0.15, -0.1) is 0 Å². The van der Waals surface area contributed by atoms with Gasteiger partial charge in [-0.25, -0.2) is 4.79 Å². The lowest BCUT2D eigenvalue weighted by atomic mass is 10.1. The quantitative estimate of drug-likeness (QED) is 0.578. The number of amides is 1. The first kappa shape index (κ1) is 18.8. The first-order valence-electron chi connectivity index (χ1n) is 8.61. The minimum atomic E-state index is -0.580. The number of hydrogen-bond donors (Lipinski definition) is 1. The molecule has 6 heteroatoms. The van der Waals surface area contributed by atoms with E-state index in [1.54, 1.807) is 6.08 Å². The van der Waals surface area contributed by atoms with Crippen LogP contribution in [0.2, 0.25) is 0 Å². The lowest BCUT2D eigenvalue weighted by Gasteiger charge is -2.10. The van der Waals surface area contributed by atoms with Crippen LogP contribution in [0, 0.1) is 0 Å². The topological polar surface area (TPSA) is 73.9 Å². The predicted octanol–water partition coefficient (Wildman–Crippen LogP) is 2.49. The van der Waals surface area contributed by atoms with Gasteiger partial charge in [0.05, 0.1) is 6.61 Å². The second-order valence-electron chi connectivity index (χ2n) is 5.85. The van der Waals surface area contributed by atoms with E-state index in [1.165, 1.54) is 6.08 Å². The van der Waals surface area contributed by atoms with Gasteiger partial charge < -0.3 is 19.5 Å². The molecule has 1 amide bonds. The second kappa shape index (κ2) is 9.11. The Morgan fingerprint density at radius 3 is 2.88 bits per heavy atom. The summed E-state index contributed by atoms with van der Waals surface area (Å²) >= 11 is 0. The summed E-state index contributed by atoms with van der Waals surface area (Å²) in [6, 6.07) is 3.81. The molecule has 6 nitrogen and oxygen atoms in total. The molecule has 136 valence electrons. The van der Waals surface area contributed by atoms with Crippen LogP contribution in [0.5, 0.6) is 11.5 Å². The van der Waals surface area contributed by atoms with Gasteiger partial charge in [0.2, 0.25) is 0 Å². The summed E-state index contributed by atoms with van der Waals surface area (Å²) in [5.74, 6) is 0.619. The summed E-state index contributed by atoms with van der Waals surface area (Å²) < 4.78 is 16.3. The van der Waals surface area contributed by atoms with Crippen LogP contribution in [0.3, 0.4) is 0 Å². The van der Waals surface area contributed by atoms with E-state index in [4.69, 9.17) is 14.2 Å². The summed E-state index contributed by atoms with van der Waals surface area (Å²) in [6.07, 6.45) is 4.71. The maximum Gasteiger partial charge on any atom is 0.331 e. The van der Waals surface area contributed by atoms with Crippen molar-refractivity contribution in [2.24, 2.45) is 0 Å². The molecule has 1 N–H and O–H groups in total. The molecule has 0 bridgehead atoms. The highest BCUT2D eigenvalue weighted by molar-refractivity contribution is 5.89. The molecular weight excluding hydrogens is 322 g/mol.